The van der Waals surface area contributed by atoms with Gasteiger partial charge in [-0.2, -0.15) is 0 Å². The Morgan fingerprint density at radius 3 is 2.93 bits per heavy atom. The maximum atomic E-state index is 5.64. The largest absolute Gasteiger partial charge is 0.465 e. The van der Waals surface area contributed by atoms with Crippen molar-refractivity contribution in [1.82, 2.24) is 5.32 Å². The van der Waals surface area contributed by atoms with Gasteiger partial charge in [-0.25, -0.2) is 0 Å². The number of hydrogen-bond acceptors (Lipinski definition) is 2. The van der Waals surface area contributed by atoms with Crippen LogP contribution in [0.15, 0.2) is 28.7 Å². The molecule has 0 radical (unpaired) electrons. The first-order chi connectivity index (χ1) is 7.38. The van der Waals surface area contributed by atoms with Crippen molar-refractivity contribution in [3.63, 3.8) is 0 Å². The molecule has 1 heterocycles. The Bertz CT molecular complexity index is 327. The predicted molar refractivity (Wildman–Crippen MR) is 61.7 cm³/mol. The Morgan fingerprint density at radius 2 is 2.27 bits per heavy atom. The van der Waals surface area contributed by atoms with Gasteiger partial charge in [0.15, 0.2) is 0 Å². The van der Waals surface area contributed by atoms with Crippen molar-refractivity contribution < 1.29 is 4.42 Å². The molecule has 1 unspecified atom stereocenters. The second-order valence-corrected chi connectivity index (χ2v) is 4.07. The van der Waals surface area contributed by atoms with E-state index in [1.165, 1.54) is 19.3 Å². The summed E-state index contributed by atoms with van der Waals surface area (Å²) in [4.78, 5) is 0. The summed E-state index contributed by atoms with van der Waals surface area (Å²) in [7, 11) is 0. The molecule has 0 fully saturated rings. The third-order valence-electron chi connectivity index (χ3n) is 2.86. The van der Waals surface area contributed by atoms with Crippen molar-refractivity contribution in [3.8, 4) is 0 Å². The monoisotopic (exact) mass is 205 g/mol. The molecule has 1 aliphatic rings. The minimum absolute atomic E-state index is 0.536. The van der Waals surface area contributed by atoms with E-state index < -0.39 is 0 Å². The summed E-state index contributed by atoms with van der Waals surface area (Å²) >= 11 is 0. The van der Waals surface area contributed by atoms with Crippen molar-refractivity contribution >= 4 is 0 Å². The number of allylic oxidation sites excluding steroid dienone is 1. The normalized spacial score (nSPS) is 20.7. The molecule has 0 aromatic carbocycles. The molecule has 0 saturated heterocycles. The van der Waals surface area contributed by atoms with Gasteiger partial charge < -0.3 is 9.73 Å². The maximum absolute atomic E-state index is 5.64. The summed E-state index contributed by atoms with van der Waals surface area (Å²) in [5.41, 5.74) is 0. The highest BCUT2D eigenvalue weighted by Gasteiger charge is 2.08. The number of nitrogens with one attached hydrogen (secondary N) is 1. The topological polar surface area (TPSA) is 25.2 Å². The zero-order valence-electron chi connectivity index (χ0n) is 9.33. The first kappa shape index (κ1) is 10.5. The van der Waals surface area contributed by atoms with Crippen molar-refractivity contribution in [2.24, 2.45) is 0 Å². The van der Waals surface area contributed by atoms with Gasteiger partial charge >= 0.3 is 0 Å². The molecule has 1 N–H and O–H groups in total. The fraction of sp³-hybridized carbons (Fsp3) is 0.538. The van der Waals surface area contributed by atoms with Crippen LogP contribution in [0.1, 0.15) is 37.7 Å². The first-order valence-corrected chi connectivity index (χ1v) is 5.86. The second-order valence-electron chi connectivity index (χ2n) is 4.07. The molecule has 0 saturated carbocycles. The molecule has 0 spiro atoms. The molecular formula is C13H19NO. The van der Waals surface area contributed by atoms with Gasteiger partial charge in [0.05, 0.1) is 6.54 Å². The average Bonchev–Trinajstić information content (AvgIpc) is 2.76. The molecule has 0 aliphatic heterocycles. The van der Waals surface area contributed by atoms with Crippen molar-refractivity contribution in [3.05, 3.63) is 35.8 Å². The van der Waals surface area contributed by atoms with Crippen LogP contribution in [0.3, 0.4) is 0 Å². The molecule has 2 rings (SSSR count). The molecular weight excluding hydrogens is 186 g/mol. The smallest absolute Gasteiger partial charge is 0.117 e. The SMILES string of the molecule is CCc1ccc(CNC2C=CCCC2)o1. The van der Waals surface area contributed by atoms with E-state index in [4.69, 9.17) is 4.42 Å². The Labute approximate surface area is 91.4 Å². The van der Waals surface area contributed by atoms with E-state index in [2.05, 4.69) is 36.5 Å². The second kappa shape index (κ2) is 5.17. The maximum Gasteiger partial charge on any atom is 0.117 e. The van der Waals surface area contributed by atoms with Gasteiger partial charge in [0.25, 0.3) is 0 Å². The van der Waals surface area contributed by atoms with E-state index in [9.17, 15) is 0 Å². The molecule has 1 aromatic heterocycles. The Balaban J connectivity index is 1.81. The predicted octanol–water partition coefficient (Wildman–Crippen LogP) is 3.04. The lowest BCUT2D eigenvalue weighted by atomic mass is 10.0. The van der Waals surface area contributed by atoms with Crippen LogP contribution in [0.25, 0.3) is 0 Å². The summed E-state index contributed by atoms with van der Waals surface area (Å²) in [6.07, 6.45) is 9.29. The summed E-state index contributed by atoms with van der Waals surface area (Å²) in [6, 6.07) is 4.67. The van der Waals surface area contributed by atoms with Crippen LogP contribution >= 0.6 is 0 Å². The first-order valence-electron chi connectivity index (χ1n) is 5.86. The number of furan rings is 1. The number of rotatable bonds is 4. The summed E-state index contributed by atoms with van der Waals surface area (Å²) in [5.74, 6) is 2.12. The molecule has 1 aliphatic carbocycles. The van der Waals surface area contributed by atoms with E-state index in [1.807, 2.05) is 0 Å². The third kappa shape index (κ3) is 2.96. The van der Waals surface area contributed by atoms with Gasteiger partial charge in [0, 0.05) is 12.5 Å². The Morgan fingerprint density at radius 1 is 1.40 bits per heavy atom. The van der Waals surface area contributed by atoms with Gasteiger partial charge in [0.2, 0.25) is 0 Å². The summed E-state index contributed by atoms with van der Waals surface area (Å²) in [6.45, 7) is 2.95. The van der Waals surface area contributed by atoms with Crippen LogP contribution in [0.2, 0.25) is 0 Å². The van der Waals surface area contributed by atoms with Crippen molar-refractivity contribution in [2.75, 3.05) is 0 Å². The minimum atomic E-state index is 0.536. The van der Waals surface area contributed by atoms with E-state index in [1.54, 1.807) is 0 Å². The molecule has 1 aromatic rings. The standard InChI is InChI=1S/C13H19NO/c1-2-12-8-9-13(15-12)10-14-11-6-4-3-5-7-11/h4,6,8-9,11,14H,2-3,5,7,10H2,1H3. The van der Waals surface area contributed by atoms with Gasteiger partial charge in [0.1, 0.15) is 11.5 Å². The lowest BCUT2D eigenvalue weighted by Gasteiger charge is -2.16. The van der Waals surface area contributed by atoms with Gasteiger partial charge in [-0.05, 0) is 31.4 Å². The fourth-order valence-electron chi connectivity index (χ4n) is 1.92. The summed E-state index contributed by atoms with van der Waals surface area (Å²) < 4.78 is 5.64. The van der Waals surface area contributed by atoms with Crippen LogP contribution < -0.4 is 5.32 Å². The zero-order chi connectivity index (χ0) is 10.5. The molecule has 1 atom stereocenters. The lowest BCUT2D eigenvalue weighted by Crippen LogP contribution is -2.27. The molecule has 82 valence electrons. The minimum Gasteiger partial charge on any atom is -0.465 e. The quantitative estimate of drug-likeness (QED) is 0.764. The van der Waals surface area contributed by atoms with Crippen molar-refractivity contribution in [2.45, 2.75) is 45.2 Å². The molecule has 15 heavy (non-hydrogen) atoms. The van der Waals surface area contributed by atoms with E-state index in [0.717, 1.165) is 24.5 Å². The highest BCUT2D eigenvalue weighted by molar-refractivity contribution is 5.07. The average molecular weight is 205 g/mol. The Hall–Kier alpha value is -1.02. The molecule has 0 bridgehead atoms. The van der Waals surface area contributed by atoms with Crippen LogP contribution in [0.5, 0.6) is 0 Å². The number of aryl methyl sites for hydroxylation is 1. The molecule has 0 amide bonds. The highest BCUT2D eigenvalue weighted by Crippen LogP contribution is 2.12. The van der Waals surface area contributed by atoms with E-state index in [-0.39, 0.29) is 0 Å². The molecule has 2 nitrogen and oxygen atoms in total. The highest BCUT2D eigenvalue weighted by atomic mass is 16.3. The van der Waals surface area contributed by atoms with Crippen LogP contribution in [0.4, 0.5) is 0 Å². The van der Waals surface area contributed by atoms with Crippen LogP contribution in [0, 0.1) is 0 Å². The van der Waals surface area contributed by atoms with Gasteiger partial charge in [-0.3, -0.25) is 0 Å². The van der Waals surface area contributed by atoms with Gasteiger partial charge in [-0.1, -0.05) is 19.1 Å². The number of hydrogen-bond donors (Lipinski definition) is 1. The van der Waals surface area contributed by atoms with Crippen molar-refractivity contribution in [1.29, 1.82) is 0 Å². The summed E-state index contributed by atoms with van der Waals surface area (Å²) in [5, 5.41) is 3.49. The van der Waals surface area contributed by atoms with Gasteiger partial charge in [-0.15, -0.1) is 0 Å². The molecule has 2 heteroatoms. The van der Waals surface area contributed by atoms with E-state index >= 15 is 0 Å². The Kier molecular flexibility index (Phi) is 3.62. The van der Waals surface area contributed by atoms with Crippen LogP contribution in [-0.2, 0) is 13.0 Å². The van der Waals surface area contributed by atoms with Crippen LogP contribution in [-0.4, -0.2) is 6.04 Å². The lowest BCUT2D eigenvalue weighted by molar-refractivity contribution is 0.429. The third-order valence-corrected chi connectivity index (χ3v) is 2.86. The fourth-order valence-corrected chi connectivity index (χ4v) is 1.92. The van der Waals surface area contributed by atoms with E-state index in [0.29, 0.717) is 6.04 Å². The zero-order valence-corrected chi connectivity index (χ0v) is 9.33.